The molecule has 2 rings (SSSR count). The van der Waals surface area contributed by atoms with Gasteiger partial charge in [0.2, 0.25) is 5.91 Å². The lowest BCUT2D eigenvalue weighted by Gasteiger charge is -2.36. The van der Waals surface area contributed by atoms with Gasteiger partial charge < -0.3 is 10.0 Å². The standard InChI is InChI=1S/C20H27FN2O2S/c21-17-11-8-16(9-12-17)10-13-19(25)22-20(26)23(14-4-5-15-24)18-6-2-1-3-7-18/h8-13,18,24H,1-7,14-15H2,(H,22,25,26). The Morgan fingerprint density at radius 2 is 1.92 bits per heavy atom. The van der Waals surface area contributed by atoms with Crippen LogP contribution >= 0.6 is 12.2 Å². The summed E-state index contributed by atoms with van der Waals surface area (Å²) < 4.78 is 12.9. The molecule has 4 nitrogen and oxygen atoms in total. The minimum atomic E-state index is -0.307. The van der Waals surface area contributed by atoms with Crippen LogP contribution in [0.3, 0.4) is 0 Å². The van der Waals surface area contributed by atoms with Gasteiger partial charge in [0, 0.05) is 25.3 Å². The van der Waals surface area contributed by atoms with Crippen LogP contribution in [0.5, 0.6) is 0 Å². The number of halogens is 1. The number of nitrogens with zero attached hydrogens (tertiary/aromatic N) is 1. The van der Waals surface area contributed by atoms with E-state index in [4.69, 9.17) is 17.3 Å². The smallest absolute Gasteiger partial charge is 0.250 e. The lowest BCUT2D eigenvalue weighted by molar-refractivity contribution is -0.115. The SMILES string of the molecule is O=C(C=Cc1ccc(F)cc1)NC(=S)N(CCCCO)C1CCCCC1. The largest absolute Gasteiger partial charge is 0.396 e. The molecule has 1 saturated carbocycles. The molecule has 0 radical (unpaired) electrons. The highest BCUT2D eigenvalue weighted by atomic mass is 32.1. The van der Waals surface area contributed by atoms with E-state index in [1.807, 2.05) is 0 Å². The fourth-order valence-corrected chi connectivity index (χ4v) is 3.54. The molecule has 0 heterocycles. The fraction of sp³-hybridized carbons (Fsp3) is 0.500. The van der Waals surface area contributed by atoms with Crippen LogP contribution in [0.15, 0.2) is 30.3 Å². The maximum atomic E-state index is 12.9. The van der Waals surface area contributed by atoms with Crippen molar-refractivity contribution in [1.82, 2.24) is 10.2 Å². The van der Waals surface area contributed by atoms with Gasteiger partial charge in [-0.25, -0.2) is 4.39 Å². The Kier molecular flexibility index (Phi) is 8.71. The second-order valence-electron chi connectivity index (χ2n) is 6.60. The fourth-order valence-electron chi connectivity index (χ4n) is 3.20. The number of carbonyl (C=O) groups excluding carboxylic acids is 1. The summed E-state index contributed by atoms with van der Waals surface area (Å²) in [6.45, 7) is 0.907. The molecule has 0 unspecified atom stereocenters. The van der Waals surface area contributed by atoms with Crippen molar-refractivity contribution >= 4 is 29.3 Å². The average molecular weight is 379 g/mol. The van der Waals surface area contributed by atoms with Gasteiger partial charge in [0.25, 0.3) is 0 Å². The van der Waals surface area contributed by atoms with Crippen LogP contribution in [0.25, 0.3) is 6.08 Å². The minimum Gasteiger partial charge on any atom is -0.396 e. The third-order valence-electron chi connectivity index (χ3n) is 4.61. The molecule has 0 aromatic heterocycles. The predicted octanol–water partition coefficient (Wildman–Crippen LogP) is 3.65. The first-order chi connectivity index (χ1) is 12.6. The van der Waals surface area contributed by atoms with Crippen molar-refractivity contribution in [3.8, 4) is 0 Å². The Labute approximate surface area is 160 Å². The topological polar surface area (TPSA) is 52.6 Å². The third-order valence-corrected chi connectivity index (χ3v) is 4.95. The Bertz CT molecular complexity index is 613. The van der Waals surface area contributed by atoms with Gasteiger partial charge in [0.05, 0.1) is 0 Å². The molecular formula is C20H27FN2O2S. The van der Waals surface area contributed by atoms with Crippen molar-refractivity contribution < 1.29 is 14.3 Å². The molecular weight excluding hydrogens is 351 g/mol. The number of hydrogen-bond donors (Lipinski definition) is 2. The summed E-state index contributed by atoms with van der Waals surface area (Å²) in [7, 11) is 0. The van der Waals surface area contributed by atoms with Crippen molar-refractivity contribution in [1.29, 1.82) is 0 Å². The van der Waals surface area contributed by atoms with Crippen LogP contribution < -0.4 is 5.32 Å². The summed E-state index contributed by atoms with van der Waals surface area (Å²) in [6, 6.07) is 6.29. The lowest BCUT2D eigenvalue weighted by atomic mass is 9.94. The van der Waals surface area contributed by atoms with E-state index in [1.54, 1.807) is 18.2 Å². The van der Waals surface area contributed by atoms with Gasteiger partial charge in [-0.1, -0.05) is 31.4 Å². The molecule has 26 heavy (non-hydrogen) atoms. The zero-order chi connectivity index (χ0) is 18.8. The number of thiocarbonyl (C=S) groups is 1. The monoisotopic (exact) mass is 378 g/mol. The van der Waals surface area contributed by atoms with Gasteiger partial charge in [0.1, 0.15) is 5.82 Å². The molecule has 6 heteroatoms. The van der Waals surface area contributed by atoms with Crippen molar-refractivity contribution in [2.24, 2.45) is 0 Å². The van der Waals surface area contributed by atoms with Gasteiger partial charge >= 0.3 is 0 Å². The van der Waals surface area contributed by atoms with E-state index in [9.17, 15) is 9.18 Å². The molecule has 0 spiro atoms. The molecule has 1 aliphatic rings. The number of carbonyl (C=O) groups is 1. The Balaban J connectivity index is 1.93. The van der Waals surface area contributed by atoms with Gasteiger partial charge in [-0.05, 0) is 61.7 Å². The van der Waals surface area contributed by atoms with E-state index in [0.29, 0.717) is 11.2 Å². The summed E-state index contributed by atoms with van der Waals surface area (Å²) >= 11 is 5.48. The van der Waals surface area contributed by atoms with Crippen LogP contribution in [-0.4, -0.2) is 40.2 Å². The number of unbranched alkanes of at least 4 members (excludes halogenated alkanes) is 1. The van der Waals surface area contributed by atoms with E-state index >= 15 is 0 Å². The Hall–Kier alpha value is -1.79. The Morgan fingerprint density at radius 1 is 1.23 bits per heavy atom. The van der Waals surface area contributed by atoms with Crippen molar-refractivity contribution in [2.75, 3.05) is 13.2 Å². The molecule has 0 saturated heterocycles. The Morgan fingerprint density at radius 3 is 2.58 bits per heavy atom. The molecule has 1 fully saturated rings. The molecule has 142 valence electrons. The zero-order valence-corrected chi connectivity index (χ0v) is 15.8. The van der Waals surface area contributed by atoms with Gasteiger partial charge in [-0.3, -0.25) is 10.1 Å². The maximum absolute atomic E-state index is 12.9. The first-order valence-corrected chi connectivity index (χ1v) is 9.67. The summed E-state index contributed by atoms with van der Waals surface area (Å²) in [5.74, 6) is -0.596. The molecule has 0 bridgehead atoms. The number of aliphatic hydroxyl groups excluding tert-OH is 1. The van der Waals surface area contributed by atoms with Crippen LogP contribution in [-0.2, 0) is 4.79 Å². The number of amides is 1. The first-order valence-electron chi connectivity index (χ1n) is 9.26. The van der Waals surface area contributed by atoms with E-state index in [-0.39, 0.29) is 18.3 Å². The molecule has 1 amide bonds. The van der Waals surface area contributed by atoms with Crippen molar-refractivity contribution in [2.45, 2.75) is 51.0 Å². The zero-order valence-electron chi connectivity index (χ0n) is 15.0. The molecule has 1 aliphatic carbocycles. The second-order valence-corrected chi connectivity index (χ2v) is 6.98. The number of aliphatic hydroxyl groups is 1. The quantitative estimate of drug-likeness (QED) is 0.432. The summed E-state index contributed by atoms with van der Waals surface area (Å²) in [4.78, 5) is 14.3. The highest BCUT2D eigenvalue weighted by Gasteiger charge is 2.23. The van der Waals surface area contributed by atoms with Crippen molar-refractivity contribution in [3.05, 3.63) is 41.7 Å². The highest BCUT2D eigenvalue weighted by molar-refractivity contribution is 7.80. The maximum Gasteiger partial charge on any atom is 0.250 e. The van der Waals surface area contributed by atoms with E-state index < -0.39 is 0 Å². The lowest BCUT2D eigenvalue weighted by Crippen LogP contribution is -2.48. The predicted molar refractivity (Wildman–Crippen MR) is 106 cm³/mol. The summed E-state index contributed by atoms with van der Waals surface area (Å²) in [5, 5.41) is 12.2. The van der Waals surface area contributed by atoms with E-state index in [1.165, 1.54) is 37.5 Å². The summed E-state index contributed by atoms with van der Waals surface area (Å²) in [5.41, 5.74) is 0.750. The summed E-state index contributed by atoms with van der Waals surface area (Å²) in [6.07, 6.45) is 10.4. The molecule has 1 aromatic rings. The third kappa shape index (κ3) is 6.84. The van der Waals surface area contributed by atoms with Crippen LogP contribution in [0, 0.1) is 5.82 Å². The van der Waals surface area contributed by atoms with Crippen molar-refractivity contribution in [3.63, 3.8) is 0 Å². The first kappa shape index (κ1) is 20.5. The van der Waals surface area contributed by atoms with E-state index in [0.717, 1.165) is 37.8 Å². The number of benzene rings is 1. The highest BCUT2D eigenvalue weighted by Crippen LogP contribution is 2.23. The molecule has 1 aromatic carbocycles. The molecule has 0 atom stereocenters. The number of hydrogen-bond acceptors (Lipinski definition) is 3. The normalized spacial score (nSPS) is 15.2. The minimum absolute atomic E-state index is 0.165. The van der Waals surface area contributed by atoms with Gasteiger partial charge in [-0.15, -0.1) is 0 Å². The van der Waals surface area contributed by atoms with Crippen LogP contribution in [0.4, 0.5) is 4.39 Å². The molecule has 2 N–H and O–H groups in total. The van der Waals surface area contributed by atoms with Crippen LogP contribution in [0.2, 0.25) is 0 Å². The van der Waals surface area contributed by atoms with Gasteiger partial charge in [0.15, 0.2) is 5.11 Å². The molecule has 0 aliphatic heterocycles. The second kappa shape index (κ2) is 11.0. The van der Waals surface area contributed by atoms with Crippen LogP contribution in [0.1, 0.15) is 50.5 Å². The van der Waals surface area contributed by atoms with Gasteiger partial charge in [-0.2, -0.15) is 0 Å². The number of rotatable bonds is 7. The number of nitrogens with one attached hydrogen (secondary N) is 1. The average Bonchev–Trinajstić information content (AvgIpc) is 2.65. The van der Waals surface area contributed by atoms with E-state index in [2.05, 4.69) is 10.2 Å².